The van der Waals surface area contributed by atoms with Crippen molar-refractivity contribution in [1.29, 1.82) is 0 Å². The van der Waals surface area contributed by atoms with Gasteiger partial charge in [-0.1, -0.05) is 6.92 Å². The fourth-order valence-electron chi connectivity index (χ4n) is 2.96. The first-order chi connectivity index (χ1) is 11.5. The highest BCUT2D eigenvalue weighted by Gasteiger charge is 2.21. The fourth-order valence-corrected chi connectivity index (χ4v) is 2.96. The summed E-state index contributed by atoms with van der Waals surface area (Å²) in [5.74, 6) is 0.0225. The van der Waals surface area contributed by atoms with E-state index in [-0.39, 0.29) is 23.2 Å². The molecule has 24 heavy (non-hydrogen) atoms. The van der Waals surface area contributed by atoms with E-state index in [4.69, 9.17) is 0 Å². The van der Waals surface area contributed by atoms with Crippen molar-refractivity contribution in [2.45, 2.75) is 38.6 Å². The number of benzene rings is 1. The van der Waals surface area contributed by atoms with Crippen molar-refractivity contribution in [3.05, 3.63) is 58.3 Å². The highest BCUT2D eigenvalue weighted by molar-refractivity contribution is 5.92. The van der Waals surface area contributed by atoms with Gasteiger partial charge in [0.1, 0.15) is 11.5 Å². The summed E-state index contributed by atoms with van der Waals surface area (Å²) in [5, 5.41) is 7.11. The van der Waals surface area contributed by atoms with E-state index in [0.29, 0.717) is 11.6 Å². The van der Waals surface area contributed by atoms with Gasteiger partial charge in [0.2, 0.25) is 0 Å². The summed E-state index contributed by atoms with van der Waals surface area (Å²) < 4.78 is 14.1. The van der Waals surface area contributed by atoms with Gasteiger partial charge in [0.05, 0.1) is 5.69 Å². The third-order valence-corrected chi connectivity index (χ3v) is 4.46. The number of aromatic nitrogens is 2. The van der Waals surface area contributed by atoms with Crippen LogP contribution in [-0.4, -0.2) is 21.7 Å². The normalized spacial score (nSPS) is 20.6. The summed E-state index contributed by atoms with van der Waals surface area (Å²) in [7, 11) is 0. The number of hydrogen-bond acceptors (Lipinski definition) is 3. The van der Waals surface area contributed by atoms with E-state index in [0.717, 1.165) is 30.4 Å². The van der Waals surface area contributed by atoms with E-state index < -0.39 is 5.82 Å². The molecule has 126 valence electrons. The molecule has 0 spiro atoms. The molecule has 1 aliphatic rings. The Balaban J connectivity index is 1.79. The molecule has 1 saturated carbocycles. The van der Waals surface area contributed by atoms with Crippen molar-refractivity contribution >= 4 is 5.91 Å². The topological polar surface area (TPSA) is 64.0 Å². The molecule has 0 saturated heterocycles. The van der Waals surface area contributed by atoms with Crippen LogP contribution in [0.3, 0.4) is 0 Å². The smallest absolute Gasteiger partial charge is 0.271 e. The van der Waals surface area contributed by atoms with Crippen LogP contribution < -0.4 is 10.9 Å². The van der Waals surface area contributed by atoms with Gasteiger partial charge in [-0.2, -0.15) is 9.78 Å². The number of carbonyl (C=O) groups is 1. The molecule has 1 aromatic heterocycles. The van der Waals surface area contributed by atoms with Crippen LogP contribution in [0.1, 0.15) is 43.1 Å². The average Bonchev–Trinajstić information content (AvgIpc) is 2.58. The van der Waals surface area contributed by atoms with Crippen LogP contribution in [0.4, 0.5) is 4.39 Å². The van der Waals surface area contributed by atoms with Crippen LogP contribution in [0.2, 0.25) is 0 Å². The van der Waals surface area contributed by atoms with Gasteiger partial charge in [-0.25, -0.2) is 4.39 Å². The lowest BCUT2D eigenvalue weighted by Crippen LogP contribution is -2.38. The molecule has 5 nitrogen and oxygen atoms in total. The molecule has 0 bridgehead atoms. The van der Waals surface area contributed by atoms with Gasteiger partial charge in [-0.3, -0.25) is 9.59 Å². The Kier molecular flexibility index (Phi) is 4.74. The van der Waals surface area contributed by atoms with Gasteiger partial charge < -0.3 is 5.32 Å². The first kappa shape index (κ1) is 16.4. The Morgan fingerprint density at radius 3 is 2.46 bits per heavy atom. The molecule has 1 aliphatic carbocycles. The summed E-state index contributed by atoms with van der Waals surface area (Å²) in [6.45, 7) is 2.22. The zero-order valence-corrected chi connectivity index (χ0v) is 13.5. The largest absolute Gasteiger partial charge is 0.348 e. The molecule has 0 atom stereocenters. The minimum Gasteiger partial charge on any atom is -0.348 e. The number of hydrogen-bond donors (Lipinski definition) is 1. The number of rotatable bonds is 3. The Morgan fingerprint density at radius 1 is 1.12 bits per heavy atom. The van der Waals surface area contributed by atoms with Gasteiger partial charge in [-0.15, -0.1) is 0 Å². The van der Waals surface area contributed by atoms with E-state index >= 15 is 0 Å². The number of nitrogens with zero attached hydrogens (tertiary/aromatic N) is 2. The van der Waals surface area contributed by atoms with Crippen LogP contribution in [0.15, 0.2) is 41.2 Å². The van der Waals surface area contributed by atoms with Gasteiger partial charge in [-0.05, 0) is 61.9 Å². The summed E-state index contributed by atoms with van der Waals surface area (Å²) >= 11 is 0. The van der Waals surface area contributed by atoms with Gasteiger partial charge in [0.25, 0.3) is 11.5 Å². The van der Waals surface area contributed by atoms with Crippen LogP contribution in [0.25, 0.3) is 5.69 Å². The molecule has 6 heteroatoms. The maximum Gasteiger partial charge on any atom is 0.271 e. The molecule has 1 heterocycles. The van der Waals surface area contributed by atoms with E-state index in [1.165, 1.54) is 36.4 Å². The lowest BCUT2D eigenvalue weighted by Gasteiger charge is -2.26. The van der Waals surface area contributed by atoms with E-state index in [2.05, 4.69) is 17.3 Å². The molecule has 3 rings (SSSR count). The molecule has 2 aromatic rings. The van der Waals surface area contributed by atoms with Gasteiger partial charge >= 0.3 is 0 Å². The van der Waals surface area contributed by atoms with Crippen molar-refractivity contribution in [3.63, 3.8) is 0 Å². The second-order valence-electron chi connectivity index (χ2n) is 6.38. The maximum absolute atomic E-state index is 13.0. The van der Waals surface area contributed by atoms with Crippen LogP contribution in [0, 0.1) is 11.7 Å². The Bertz CT molecular complexity index is 778. The predicted octanol–water partition coefficient (Wildman–Crippen LogP) is 2.68. The third kappa shape index (κ3) is 3.69. The molecule has 0 aliphatic heterocycles. The van der Waals surface area contributed by atoms with Crippen molar-refractivity contribution < 1.29 is 9.18 Å². The summed E-state index contributed by atoms with van der Waals surface area (Å²) in [6, 6.07) is 8.28. The Hall–Kier alpha value is -2.50. The van der Waals surface area contributed by atoms with Crippen LogP contribution in [0.5, 0.6) is 0 Å². The highest BCUT2D eigenvalue weighted by Crippen LogP contribution is 2.23. The zero-order chi connectivity index (χ0) is 17.1. The summed E-state index contributed by atoms with van der Waals surface area (Å²) in [5.41, 5.74) is 0.227. The van der Waals surface area contributed by atoms with Crippen LogP contribution in [-0.2, 0) is 0 Å². The summed E-state index contributed by atoms with van der Waals surface area (Å²) in [4.78, 5) is 24.4. The van der Waals surface area contributed by atoms with Gasteiger partial charge in [0, 0.05) is 12.1 Å². The molecule has 1 amide bonds. The number of amides is 1. The Labute approximate surface area is 139 Å². The lowest BCUT2D eigenvalue weighted by molar-refractivity contribution is 0.0916. The van der Waals surface area contributed by atoms with E-state index in [1.807, 2.05) is 0 Å². The van der Waals surface area contributed by atoms with Gasteiger partial charge in [0.15, 0.2) is 0 Å². The monoisotopic (exact) mass is 329 g/mol. The predicted molar refractivity (Wildman–Crippen MR) is 88.7 cm³/mol. The highest BCUT2D eigenvalue weighted by atomic mass is 19.1. The molecule has 1 fully saturated rings. The fraction of sp³-hybridized carbons (Fsp3) is 0.389. The minimum atomic E-state index is -0.396. The van der Waals surface area contributed by atoms with Crippen molar-refractivity contribution in [3.8, 4) is 5.69 Å². The van der Waals surface area contributed by atoms with E-state index in [1.54, 1.807) is 0 Å². The molecular formula is C18H20FN3O2. The van der Waals surface area contributed by atoms with Crippen molar-refractivity contribution in [2.75, 3.05) is 0 Å². The Morgan fingerprint density at radius 2 is 1.79 bits per heavy atom. The average molecular weight is 329 g/mol. The minimum absolute atomic E-state index is 0.154. The third-order valence-electron chi connectivity index (χ3n) is 4.46. The first-order valence-electron chi connectivity index (χ1n) is 8.20. The van der Waals surface area contributed by atoms with E-state index in [9.17, 15) is 14.0 Å². The zero-order valence-electron chi connectivity index (χ0n) is 13.5. The standard InChI is InChI=1S/C18H20FN3O2/c1-12-2-6-14(7-3-12)20-18(24)16-10-11-17(23)22(21-16)15-8-4-13(19)5-9-15/h4-5,8-12,14H,2-3,6-7H2,1H3,(H,20,24). The maximum atomic E-state index is 13.0. The molecule has 1 N–H and O–H groups in total. The van der Waals surface area contributed by atoms with Crippen molar-refractivity contribution in [2.24, 2.45) is 5.92 Å². The molecular weight excluding hydrogens is 309 g/mol. The number of nitrogens with one attached hydrogen (secondary N) is 1. The van der Waals surface area contributed by atoms with Crippen molar-refractivity contribution in [1.82, 2.24) is 15.1 Å². The molecule has 0 unspecified atom stereocenters. The lowest BCUT2D eigenvalue weighted by atomic mass is 9.87. The second kappa shape index (κ2) is 6.95. The number of halogens is 1. The first-order valence-corrected chi connectivity index (χ1v) is 8.20. The number of carbonyl (C=O) groups excluding carboxylic acids is 1. The van der Waals surface area contributed by atoms with Crippen LogP contribution >= 0.6 is 0 Å². The quantitative estimate of drug-likeness (QED) is 0.941. The molecule has 1 aromatic carbocycles. The summed E-state index contributed by atoms with van der Waals surface area (Å²) in [6.07, 6.45) is 4.13. The second-order valence-corrected chi connectivity index (χ2v) is 6.38. The SMILES string of the molecule is CC1CCC(NC(=O)c2ccc(=O)n(-c3ccc(F)cc3)n2)CC1. The molecule has 0 radical (unpaired) electrons.